The molecule has 0 spiro atoms. The first kappa shape index (κ1) is 15.6. The molecular formula is C17H19N3O2. The zero-order valence-electron chi connectivity index (χ0n) is 13.1. The van der Waals surface area contributed by atoms with Gasteiger partial charge < -0.3 is 14.5 Å². The smallest absolute Gasteiger partial charge is 0.236 e. The molecule has 2 rings (SSSR count). The number of nitrogens with one attached hydrogen (secondary N) is 1. The predicted octanol–water partition coefficient (Wildman–Crippen LogP) is 3.65. The number of rotatable bonds is 6. The van der Waals surface area contributed by atoms with Crippen molar-refractivity contribution in [3.05, 3.63) is 53.1 Å². The zero-order chi connectivity index (χ0) is 16.1. The van der Waals surface area contributed by atoms with Crippen LogP contribution in [0.1, 0.15) is 28.3 Å². The van der Waals surface area contributed by atoms with Crippen LogP contribution in [0.5, 0.6) is 5.75 Å². The molecule has 2 aromatic rings. The Bertz CT molecular complexity index is 703. The van der Waals surface area contributed by atoms with E-state index in [2.05, 4.69) is 35.9 Å². The Hall–Kier alpha value is -2.74. The molecule has 0 radical (unpaired) electrons. The van der Waals surface area contributed by atoms with Crippen LogP contribution in [0.15, 0.2) is 29.2 Å². The van der Waals surface area contributed by atoms with Gasteiger partial charge in [-0.2, -0.15) is 10.2 Å². The van der Waals surface area contributed by atoms with Gasteiger partial charge in [0.15, 0.2) is 6.61 Å². The largest absolute Gasteiger partial charge is 0.483 e. The van der Waals surface area contributed by atoms with E-state index in [1.54, 1.807) is 6.08 Å². The summed E-state index contributed by atoms with van der Waals surface area (Å²) in [6, 6.07) is 6.13. The fourth-order valence-electron chi connectivity index (χ4n) is 2.31. The topological polar surface area (TPSA) is 71.1 Å². The van der Waals surface area contributed by atoms with E-state index in [-0.39, 0.29) is 12.3 Å². The van der Waals surface area contributed by atoms with E-state index in [4.69, 9.17) is 14.4 Å². The Morgan fingerprint density at radius 2 is 2.05 bits per heavy atom. The van der Waals surface area contributed by atoms with Crippen molar-refractivity contribution in [1.29, 1.82) is 5.26 Å². The molecule has 1 heterocycles. The van der Waals surface area contributed by atoms with Gasteiger partial charge in [0, 0.05) is 6.54 Å². The average molecular weight is 297 g/mol. The summed E-state index contributed by atoms with van der Waals surface area (Å²) in [6.07, 6.45) is 1.68. The molecule has 1 N–H and O–H groups in total. The summed E-state index contributed by atoms with van der Waals surface area (Å²) in [6.45, 7) is 10.3. The maximum Gasteiger partial charge on any atom is 0.236 e. The summed E-state index contributed by atoms with van der Waals surface area (Å²) in [5.41, 5.74) is 3.54. The third-order valence-corrected chi connectivity index (χ3v) is 3.13. The third-order valence-electron chi connectivity index (χ3n) is 3.13. The van der Waals surface area contributed by atoms with Crippen molar-refractivity contribution in [3.8, 4) is 11.8 Å². The summed E-state index contributed by atoms with van der Waals surface area (Å²) in [5.74, 6) is 1.53. The molecule has 0 amide bonds. The number of nitrogens with zero attached hydrogens (tertiary/aromatic N) is 2. The lowest BCUT2D eigenvalue weighted by atomic mass is 10.1. The van der Waals surface area contributed by atoms with Gasteiger partial charge in [-0.15, -0.1) is 6.58 Å². The van der Waals surface area contributed by atoms with Crippen LogP contribution in [0.2, 0.25) is 0 Å². The Morgan fingerprint density at radius 3 is 2.64 bits per heavy atom. The first-order valence-electron chi connectivity index (χ1n) is 7.00. The van der Waals surface area contributed by atoms with Crippen molar-refractivity contribution in [1.82, 2.24) is 4.98 Å². The molecular weight excluding hydrogens is 278 g/mol. The maximum atomic E-state index is 9.06. The van der Waals surface area contributed by atoms with Crippen LogP contribution in [0, 0.1) is 32.1 Å². The molecule has 0 bridgehead atoms. The Labute approximate surface area is 130 Å². The van der Waals surface area contributed by atoms with E-state index >= 15 is 0 Å². The Balaban J connectivity index is 2.14. The van der Waals surface area contributed by atoms with E-state index in [0.717, 1.165) is 16.9 Å². The highest BCUT2D eigenvalue weighted by Crippen LogP contribution is 2.26. The van der Waals surface area contributed by atoms with E-state index in [9.17, 15) is 0 Å². The lowest BCUT2D eigenvalue weighted by molar-refractivity contribution is 0.261. The molecule has 0 atom stereocenters. The van der Waals surface area contributed by atoms with Gasteiger partial charge in [0.05, 0.1) is 0 Å². The Morgan fingerprint density at radius 1 is 1.36 bits per heavy atom. The number of anilines is 1. The van der Waals surface area contributed by atoms with Gasteiger partial charge in [-0.3, -0.25) is 0 Å². The molecule has 0 unspecified atom stereocenters. The van der Waals surface area contributed by atoms with Crippen LogP contribution in [0.3, 0.4) is 0 Å². The van der Waals surface area contributed by atoms with E-state index in [0.29, 0.717) is 18.3 Å². The second-order valence-corrected chi connectivity index (χ2v) is 5.08. The molecule has 22 heavy (non-hydrogen) atoms. The first-order chi connectivity index (χ1) is 10.5. The average Bonchev–Trinajstić information content (AvgIpc) is 2.86. The number of benzene rings is 1. The number of aryl methyl sites for hydroxylation is 3. The number of hydrogen-bond donors (Lipinski definition) is 1. The highest BCUT2D eigenvalue weighted by molar-refractivity contribution is 5.46. The standard InChI is InChI=1S/C17H19N3O2/c1-5-6-19-17-14(9-18)20-15(22-17)10-21-16-12(3)7-11(2)8-13(16)4/h5,7-8,19H,1,6,10H2,2-4H3. The van der Waals surface area contributed by atoms with Crippen LogP contribution in [-0.4, -0.2) is 11.5 Å². The van der Waals surface area contributed by atoms with Gasteiger partial charge in [-0.05, 0) is 31.9 Å². The lowest BCUT2D eigenvalue weighted by Crippen LogP contribution is -2.00. The normalized spacial score (nSPS) is 10.1. The quantitative estimate of drug-likeness (QED) is 0.824. The monoisotopic (exact) mass is 297 g/mol. The minimum Gasteiger partial charge on any atom is -0.483 e. The molecule has 0 aliphatic rings. The summed E-state index contributed by atoms with van der Waals surface area (Å²) < 4.78 is 11.3. The zero-order valence-corrected chi connectivity index (χ0v) is 13.1. The van der Waals surface area contributed by atoms with Crippen molar-refractivity contribution in [2.45, 2.75) is 27.4 Å². The van der Waals surface area contributed by atoms with Gasteiger partial charge in [0.1, 0.15) is 11.8 Å². The van der Waals surface area contributed by atoms with Gasteiger partial charge >= 0.3 is 0 Å². The summed E-state index contributed by atoms with van der Waals surface area (Å²) >= 11 is 0. The van der Waals surface area contributed by atoms with Crippen LogP contribution in [-0.2, 0) is 6.61 Å². The molecule has 0 saturated carbocycles. The SMILES string of the molecule is C=CCNc1oc(COc2c(C)cc(C)cc2C)nc1C#N. The van der Waals surface area contributed by atoms with Crippen LogP contribution >= 0.6 is 0 Å². The van der Waals surface area contributed by atoms with Crippen LogP contribution in [0.25, 0.3) is 0 Å². The van der Waals surface area contributed by atoms with Crippen molar-refractivity contribution >= 4 is 5.88 Å². The summed E-state index contributed by atoms with van der Waals surface area (Å²) in [5, 5.41) is 12.0. The molecule has 0 saturated heterocycles. The van der Waals surface area contributed by atoms with Crippen molar-refractivity contribution in [3.63, 3.8) is 0 Å². The number of nitriles is 1. The molecule has 1 aromatic carbocycles. The second-order valence-electron chi connectivity index (χ2n) is 5.08. The van der Waals surface area contributed by atoms with E-state index < -0.39 is 0 Å². The van der Waals surface area contributed by atoms with Crippen LogP contribution < -0.4 is 10.1 Å². The van der Waals surface area contributed by atoms with Crippen molar-refractivity contribution in [2.75, 3.05) is 11.9 Å². The minimum atomic E-state index is 0.176. The fourth-order valence-corrected chi connectivity index (χ4v) is 2.31. The van der Waals surface area contributed by atoms with Crippen molar-refractivity contribution in [2.24, 2.45) is 0 Å². The third kappa shape index (κ3) is 3.47. The van der Waals surface area contributed by atoms with E-state index in [1.165, 1.54) is 5.56 Å². The molecule has 1 aromatic heterocycles. The van der Waals surface area contributed by atoms with Gasteiger partial charge in [-0.25, -0.2) is 0 Å². The second kappa shape index (κ2) is 6.81. The highest BCUT2D eigenvalue weighted by atomic mass is 16.5. The molecule has 0 aliphatic carbocycles. The lowest BCUT2D eigenvalue weighted by Gasteiger charge is -2.11. The number of hydrogen-bond acceptors (Lipinski definition) is 5. The summed E-state index contributed by atoms with van der Waals surface area (Å²) in [4.78, 5) is 4.12. The number of aromatic nitrogens is 1. The molecule has 114 valence electrons. The van der Waals surface area contributed by atoms with Gasteiger partial charge in [-0.1, -0.05) is 23.8 Å². The van der Waals surface area contributed by atoms with Crippen molar-refractivity contribution < 1.29 is 9.15 Å². The maximum absolute atomic E-state index is 9.06. The van der Waals surface area contributed by atoms with Crippen LogP contribution in [0.4, 0.5) is 5.88 Å². The fraction of sp³-hybridized carbons (Fsp3) is 0.294. The number of oxazole rings is 1. The molecule has 5 heteroatoms. The number of ether oxygens (including phenoxy) is 1. The minimum absolute atomic E-state index is 0.176. The molecule has 5 nitrogen and oxygen atoms in total. The highest BCUT2D eigenvalue weighted by Gasteiger charge is 2.14. The molecule has 0 aliphatic heterocycles. The van der Waals surface area contributed by atoms with Gasteiger partial charge in [0.25, 0.3) is 0 Å². The first-order valence-corrected chi connectivity index (χ1v) is 7.00. The Kier molecular flexibility index (Phi) is 4.84. The summed E-state index contributed by atoms with van der Waals surface area (Å²) in [7, 11) is 0. The van der Waals surface area contributed by atoms with E-state index in [1.807, 2.05) is 19.9 Å². The van der Waals surface area contributed by atoms with Gasteiger partial charge in [0.2, 0.25) is 17.5 Å². The molecule has 0 fully saturated rings. The predicted molar refractivity (Wildman–Crippen MR) is 84.9 cm³/mol.